The lowest BCUT2D eigenvalue weighted by atomic mass is 9.75. The zero-order chi connectivity index (χ0) is 11.8. The smallest absolute Gasteiger partial charge is 0.142 e. The van der Waals surface area contributed by atoms with Gasteiger partial charge < -0.3 is 5.32 Å². The summed E-state index contributed by atoms with van der Waals surface area (Å²) in [5.41, 5.74) is 1.69. The number of aryl methyl sites for hydroxylation is 2. The van der Waals surface area contributed by atoms with Gasteiger partial charge >= 0.3 is 0 Å². The molecule has 0 amide bonds. The van der Waals surface area contributed by atoms with Crippen LogP contribution in [0.4, 0.5) is 5.82 Å². The quantitative estimate of drug-likeness (QED) is 0.847. The highest BCUT2D eigenvalue weighted by Crippen LogP contribution is 2.38. The molecule has 1 heterocycles. The van der Waals surface area contributed by atoms with Gasteiger partial charge in [-0.1, -0.05) is 6.92 Å². The molecule has 1 aromatic rings. The predicted molar refractivity (Wildman–Crippen MR) is 63.2 cm³/mol. The Balaban J connectivity index is 2.31. The first-order chi connectivity index (χ1) is 7.62. The highest BCUT2D eigenvalue weighted by Gasteiger charge is 2.36. The Kier molecular flexibility index (Phi) is 2.63. The van der Waals surface area contributed by atoms with E-state index < -0.39 is 0 Å². The van der Waals surface area contributed by atoms with Gasteiger partial charge in [0.1, 0.15) is 17.5 Å². The van der Waals surface area contributed by atoms with Crippen molar-refractivity contribution in [3.05, 3.63) is 11.3 Å². The molecule has 0 saturated heterocycles. The maximum absolute atomic E-state index is 9.13. The summed E-state index contributed by atoms with van der Waals surface area (Å²) >= 11 is 0. The van der Waals surface area contributed by atoms with E-state index in [9.17, 15) is 0 Å². The van der Waals surface area contributed by atoms with Gasteiger partial charge in [0.15, 0.2) is 0 Å². The van der Waals surface area contributed by atoms with Crippen molar-refractivity contribution in [1.29, 1.82) is 5.26 Å². The number of rotatable bonds is 3. The Labute approximate surface area is 96.3 Å². The third-order valence-electron chi connectivity index (χ3n) is 3.71. The second-order valence-electron chi connectivity index (χ2n) is 4.66. The Morgan fingerprint density at radius 1 is 1.56 bits per heavy atom. The van der Waals surface area contributed by atoms with E-state index in [1.54, 1.807) is 4.68 Å². The first-order valence-corrected chi connectivity index (χ1v) is 5.84. The van der Waals surface area contributed by atoms with Crippen molar-refractivity contribution in [2.75, 3.05) is 5.32 Å². The molecule has 1 saturated carbocycles. The molecule has 1 aliphatic rings. The molecule has 1 aromatic heterocycles. The minimum Gasteiger partial charge on any atom is -0.364 e. The van der Waals surface area contributed by atoms with Gasteiger partial charge in [0.25, 0.3) is 0 Å². The molecule has 1 fully saturated rings. The molecule has 0 aromatic carbocycles. The first kappa shape index (κ1) is 11.0. The van der Waals surface area contributed by atoms with E-state index in [1.807, 2.05) is 14.0 Å². The average molecular weight is 218 g/mol. The van der Waals surface area contributed by atoms with Crippen LogP contribution in [0, 0.1) is 18.3 Å². The van der Waals surface area contributed by atoms with E-state index in [0.717, 1.165) is 17.9 Å². The van der Waals surface area contributed by atoms with Gasteiger partial charge in [-0.25, -0.2) is 0 Å². The SMILES string of the molecule is CCC1(Nc2c(C#N)c(C)nn2C)CCC1. The van der Waals surface area contributed by atoms with Gasteiger partial charge in [-0.15, -0.1) is 0 Å². The fourth-order valence-electron chi connectivity index (χ4n) is 2.36. The van der Waals surface area contributed by atoms with Crippen LogP contribution < -0.4 is 5.32 Å². The highest BCUT2D eigenvalue weighted by molar-refractivity contribution is 5.56. The summed E-state index contributed by atoms with van der Waals surface area (Å²) in [6.45, 7) is 4.07. The fourth-order valence-corrected chi connectivity index (χ4v) is 2.36. The Morgan fingerprint density at radius 2 is 2.25 bits per heavy atom. The first-order valence-electron chi connectivity index (χ1n) is 5.84. The number of nitrogens with one attached hydrogen (secondary N) is 1. The fraction of sp³-hybridized carbons (Fsp3) is 0.667. The summed E-state index contributed by atoms with van der Waals surface area (Å²) in [5, 5.41) is 16.9. The van der Waals surface area contributed by atoms with Gasteiger partial charge in [0, 0.05) is 12.6 Å². The van der Waals surface area contributed by atoms with Crippen LogP contribution in [0.5, 0.6) is 0 Å². The van der Waals surface area contributed by atoms with Crippen molar-refractivity contribution < 1.29 is 0 Å². The third kappa shape index (κ3) is 1.57. The van der Waals surface area contributed by atoms with Crippen molar-refractivity contribution in [3.63, 3.8) is 0 Å². The van der Waals surface area contributed by atoms with Crippen molar-refractivity contribution in [2.45, 2.75) is 45.1 Å². The molecule has 16 heavy (non-hydrogen) atoms. The number of hydrogen-bond acceptors (Lipinski definition) is 3. The molecule has 0 bridgehead atoms. The highest BCUT2D eigenvalue weighted by atomic mass is 15.3. The molecule has 0 atom stereocenters. The standard InChI is InChI=1S/C12H18N4/c1-4-12(6-5-7-12)14-11-10(8-13)9(2)15-16(11)3/h14H,4-7H2,1-3H3. The van der Waals surface area contributed by atoms with Gasteiger partial charge in [0.05, 0.1) is 5.69 Å². The summed E-state index contributed by atoms with van der Waals surface area (Å²) in [6, 6.07) is 2.23. The number of nitrogens with zero attached hydrogens (tertiary/aromatic N) is 3. The predicted octanol–water partition coefficient (Wildman–Crippen LogP) is 2.34. The summed E-state index contributed by atoms with van der Waals surface area (Å²) in [5.74, 6) is 0.876. The molecule has 4 heteroatoms. The van der Waals surface area contributed by atoms with Crippen LogP contribution in [-0.4, -0.2) is 15.3 Å². The van der Waals surface area contributed by atoms with E-state index in [2.05, 4.69) is 23.4 Å². The summed E-state index contributed by atoms with van der Waals surface area (Å²) in [4.78, 5) is 0. The van der Waals surface area contributed by atoms with E-state index in [-0.39, 0.29) is 5.54 Å². The summed E-state index contributed by atoms with van der Waals surface area (Å²) < 4.78 is 1.78. The lowest BCUT2D eigenvalue weighted by Crippen LogP contribution is -2.45. The van der Waals surface area contributed by atoms with Crippen molar-refractivity contribution in [3.8, 4) is 6.07 Å². The lowest BCUT2D eigenvalue weighted by molar-refractivity contribution is 0.267. The van der Waals surface area contributed by atoms with E-state index in [0.29, 0.717) is 5.56 Å². The number of anilines is 1. The van der Waals surface area contributed by atoms with Crippen LogP contribution in [0.15, 0.2) is 0 Å². The van der Waals surface area contributed by atoms with E-state index in [1.165, 1.54) is 19.3 Å². The zero-order valence-corrected chi connectivity index (χ0v) is 10.2. The molecule has 0 unspecified atom stereocenters. The molecule has 1 N–H and O–H groups in total. The maximum atomic E-state index is 9.13. The minimum atomic E-state index is 0.200. The largest absolute Gasteiger partial charge is 0.364 e. The van der Waals surface area contributed by atoms with E-state index >= 15 is 0 Å². The third-order valence-corrected chi connectivity index (χ3v) is 3.71. The van der Waals surface area contributed by atoms with Crippen LogP contribution in [0.2, 0.25) is 0 Å². The molecular formula is C12H18N4. The van der Waals surface area contributed by atoms with Crippen LogP contribution in [0.3, 0.4) is 0 Å². The second kappa shape index (κ2) is 3.82. The van der Waals surface area contributed by atoms with Gasteiger partial charge in [-0.2, -0.15) is 10.4 Å². The van der Waals surface area contributed by atoms with Gasteiger partial charge in [-0.05, 0) is 32.6 Å². The molecule has 0 spiro atoms. The van der Waals surface area contributed by atoms with Gasteiger partial charge in [-0.3, -0.25) is 4.68 Å². The van der Waals surface area contributed by atoms with Crippen molar-refractivity contribution in [1.82, 2.24) is 9.78 Å². The normalized spacial score (nSPS) is 17.6. The van der Waals surface area contributed by atoms with Crippen LogP contribution in [-0.2, 0) is 7.05 Å². The molecule has 4 nitrogen and oxygen atoms in total. The maximum Gasteiger partial charge on any atom is 0.142 e. The second-order valence-corrected chi connectivity index (χ2v) is 4.66. The lowest BCUT2D eigenvalue weighted by Gasteiger charge is -2.42. The molecule has 1 aliphatic carbocycles. The summed E-state index contributed by atoms with van der Waals surface area (Å²) in [7, 11) is 1.89. The number of hydrogen-bond donors (Lipinski definition) is 1. The number of aromatic nitrogens is 2. The Hall–Kier alpha value is -1.50. The minimum absolute atomic E-state index is 0.200. The molecular weight excluding hydrogens is 200 g/mol. The van der Waals surface area contributed by atoms with Crippen molar-refractivity contribution in [2.24, 2.45) is 7.05 Å². The number of nitriles is 1. The molecule has 2 rings (SSSR count). The molecule has 86 valence electrons. The monoisotopic (exact) mass is 218 g/mol. The van der Waals surface area contributed by atoms with Crippen molar-refractivity contribution >= 4 is 5.82 Å². The Morgan fingerprint density at radius 3 is 2.69 bits per heavy atom. The zero-order valence-electron chi connectivity index (χ0n) is 10.2. The molecule has 0 aliphatic heterocycles. The topological polar surface area (TPSA) is 53.6 Å². The molecule has 0 radical (unpaired) electrons. The van der Waals surface area contributed by atoms with Crippen LogP contribution in [0.1, 0.15) is 43.9 Å². The summed E-state index contributed by atoms with van der Waals surface area (Å²) in [6.07, 6.45) is 4.76. The average Bonchev–Trinajstić information content (AvgIpc) is 2.47. The van der Waals surface area contributed by atoms with E-state index in [4.69, 9.17) is 5.26 Å². The van der Waals surface area contributed by atoms with Crippen LogP contribution >= 0.6 is 0 Å². The Bertz CT molecular complexity index is 429. The van der Waals surface area contributed by atoms with Crippen LogP contribution in [0.25, 0.3) is 0 Å². The van der Waals surface area contributed by atoms with Gasteiger partial charge in [0.2, 0.25) is 0 Å².